The Morgan fingerprint density at radius 1 is 1.27 bits per heavy atom. The molecule has 0 fully saturated rings. The fourth-order valence-electron chi connectivity index (χ4n) is 2.45. The van der Waals surface area contributed by atoms with Crippen molar-refractivity contribution < 1.29 is 39.5 Å². The van der Waals surface area contributed by atoms with Gasteiger partial charge in [-0.1, -0.05) is 12.1 Å². The Bertz CT molecular complexity index is 1000. The predicted octanol–water partition coefficient (Wildman–Crippen LogP) is 3.52. The van der Waals surface area contributed by atoms with E-state index in [0.717, 1.165) is 27.2 Å². The molecule has 0 aliphatic carbocycles. The first-order valence-corrected chi connectivity index (χ1v) is 10.7. The van der Waals surface area contributed by atoms with Crippen molar-refractivity contribution >= 4 is 37.8 Å². The summed E-state index contributed by atoms with van der Waals surface area (Å²) in [5, 5.41) is 3.73. The summed E-state index contributed by atoms with van der Waals surface area (Å²) in [6.45, 7) is 1.09. The zero-order valence-electron chi connectivity index (χ0n) is 14.6. The van der Waals surface area contributed by atoms with Crippen LogP contribution in [0.15, 0.2) is 35.8 Å². The molecule has 0 saturated heterocycles. The molecule has 0 saturated carbocycles. The van der Waals surface area contributed by atoms with Gasteiger partial charge in [0, 0.05) is 29.9 Å². The van der Waals surface area contributed by atoms with E-state index in [0.29, 0.717) is 18.8 Å². The first-order chi connectivity index (χ1) is 11.8. The third-order valence-electron chi connectivity index (χ3n) is 3.84. The normalized spacial score (nSPS) is 11.7. The van der Waals surface area contributed by atoms with Crippen molar-refractivity contribution in [2.75, 3.05) is 25.6 Å². The van der Waals surface area contributed by atoms with Crippen LogP contribution in [0.25, 0.3) is 27.9 Å². The number of pyridine rings is 1. The van der Waals surface area contributed by atoms with Gasteiger partial charge in [-0.05, 0) is 24.6 Å². The number of fused-ring (bicyclic) bond motifs is 1. The van der Waals surface area contributed by atoms with Gasteiger partial charge in [-0.25, -0.2) is 13.4 Å². The quantitative estimate of drug-likeness (QED) is 0.425. The van der Waals surface area contributed by atoms with Crippen molar-refractivity contribution in [3.8, 4) is 11.3 Å². The van der Waals surface area contributed by atoms with Crippen LogP contribution < -0.4 is 0 Å². The fourth-order valence-corrected chi connectivity index (χ4v) is 3.98. The number of benzene rings is 1. The number of rotatable bonds is 6. The first-order valence-electron chi connectivity index (χ1n) is 7.73. The molecule has 0 aliphatic heterocycles. The van der Waals surface area contributed by atoms with E-state index in [1.54, 1.807) is 23.6 Å². The van der Waals surface area contributed by atoms with E-state index in [2.05, 4.69) is 9.97 Å². The average Bonchev–Trinajstić information content (AvgIpc) is 3.01. The van der Waals surface area contributed by atoms with Crippen LogP contribution in [0.1, 0.15) is 5.01 Å². The Hall–Kier alpha value is -0.978. The van der Waals surface area contributed by atoms with Gasteiger partial charge in [0.15, 0.2) is 0 Å². The molecule has 0 atom stereocenters. The molecule has 26 heavy (non-hydrogen) atoms. The smallest absolute Gasteiger partial charge is 0.698 e. The number of hydrogen-bond donors (Lipinski definition) is 0. The van der Waals surface area contributed by atoms with Gasteiger partial charge in [0.05, 0.1) is 23.5 Å². The summed E-state index contributed by atoms with van der Waals surface area (Å²) >= 11 is 1.55. The molecular formula is C17H19N4O2S2U+. The SMILES string of the molecule is CN(CCS(C)(=O)=O)Cc1nc(-c2ccc3nccc([NH-])c3c2)cs1.[U+2]. The molecule has 0 radical (unpaired) electrons. The first kappa shape index (κ1) is 21.3. The Kier molecular flexibility index (Phi) is 7.22. The summed E-state index contributed by atoms with van der Waals surface area (Å²) in [6.07, 6.45) is 2.88. The summed E-state index contributed by atoms with van der Waals surface area (Å²) < 4.78 is 22.5. The number of thiazole rings is 1. The Balaban J connectivity index is 0.00000243. The molecule has 0 unspecified atom stereocenters. The molecule has 2 heterocycles. The van der Waals surface area contributed by atoms with Gasteiger partial charge in [0.25, 0.3) is 0 Å². The molecule has 0 amide bonds. The molecule has 0 aliphatic rings. The van der Waals surface area contributed by atoms with Gasteiger partial charge >= 0.3 is 31.1 Å². The van der Waals surface area contributed by atoms with Gasteiger partial charge in [-0.3, -0.25) is 9.88 Å². The fraction of sp³-hybridized carbons (Fsp3) is 0.294. The predicted molar refractivity (Wildman–Crippen MR) is 103 cm³/mol. The minimum atomic E-state index is -2.96. The van der Waals surface area contributed by atoms with Gasteiger partial charge in [-0.15, -0.1) is 17.0 Å². The second-order valence-corrected chi connectivity index (χ2v) is 9.29. The minimum Gasteiger partial charge on any atom is -0.698 e. The van der Waals surface area contributed by atoms with Gasteiger partial charge in [0.2, 0.25) is 0 Å². The van der Waals surface area contributed by atoms with E-state index in [4.69, 9.17) is 5.73 Å². The summed E-state index contributed by atoms with van der Waals surface area (Å²) in [4.78, 5) is 10.9. The number of sulfone groups is 1. The molecule has 2 aromatic heterocycles. The van der Waals surface area contributed by atoms with Gasteiger partial charge < -0.3 is 5.73 Å². The molecular weight excluding hydrogens is 594 g/mol. The summed E-state index contributed by atoms with van der Waals surface area (Å²) in [6, 6.07) is 7.48. The topological polar surface area (TPSA) is 87.0 Å². The van der Waals surface area contributed by atoms with Crippen molar-refractivity contribution in [2.45, 2.75) is 6.54 Å². The van der Waals surface area contributed by atoms with E-state index < -0.39 is 9.84 Å². The van der Waals surface area contributed by atoms with Crippen LogP contribution in [-0.4, -0.2) is 48.9 Å². The number of aromatic nitrogens is 2. The van der Waals surface area contributed by atoms with Crippen molar-refractivity contribution in [2.24, 2.45) is 0 Å². The average molecular weight is 614 g/mol. The molecule has 1 N–H and O–H groups in total. The van der Waals surface area contributed by atoms with Crippen molar-refractivity contribution in [1.82, 2.24) is 14.9 Å². The second kappa shape index (κ2) is 8.81. The number of nitrogens with one attached hydrogen (secondary N) is 1. The number of nitrogens with zero attached hydrogens (tertiary/aromatic N) is 3. The maximum absolute atomic E-state index is 11.3. The summed E-state index contributed by atoms with van der Waals surface area (Å²) in [5.74, 6) is 0.145. The maximum Gasteiger partial charge on any atom is 2.00 e. The summed E-state index contributed by atoms with van der Waals surface area (Å²) in [7, 11) is -1.07. The third kappa shape index (κ3) is 5.51. The van der Waals surface area contributed by atoms with Crippen LogP contribution in [0, 0.1) is 31.1 Å². The molecule has 3 aromatic rings. The zero-order chi connectivity index (χ0) is 18.0. The van der Waals surface area contributed by atoms with Crippen LogP contribution >= 0.6 is 11.3 Å². The van der Waals surface area contributed by atoms with E-state index >= 15 is 0 Å². The third-order valence-corrected chi connectivity index (χ3v) is 5.60. The van der Waals surface area contributed by atoms with Crippen LogP contribution in [-0.2, 0) is 16.4 Å². The van der Waals surface area contributed by atoms with E-state index in [-0.39, 0.29) is 36.9 Å². The van der Waals surface area contributed by atoms with Crippen molar-refractivity contribution in [3.05, 3.63) is 46.6 Å². The van der Waals surface area contributed by atoms with Crippen LogP contribution in [0.5, 0.6) is 0 Å². The second-order valence-electron chi connectivity index (χ2n) is 6.08. The van der Waals surface area contributed by atoms with E-state index in [9.17, 15) is 8.42 Å². The molecule has 9 heteroatoms. The van der Waals surface area contributed by atoms with E-state index in [1.165, 1.54) is 6.26 Å². The minimum absolute atomic E-state index is 0. The molecule has 0 spiro atoms. The standard InChI is InChI=1S/C17H19N4O2S2.U/c1-21(7-8-25(2,22)23)10-17-20-16(11-24-17)12-3-4-15-13(9-12)14(18)5-6-19-15;/h3-6,9,11H,7-8,10H2,1-2H3,(H-,18,19);/q-1;+2. The van der Waals surface area contributed by atoms with Crippen molar-refractivity contribution in [3.63, 3.8) is 0 Å². The Morgan fingerprint density at radius 3 is 2.77 bits per heavy atom. The van der Waals surface area contributed by atoms with Gasteiger partial charge in [-0.2, -0.15) is 0 Å². The van der Waals surface area contributed by atoms with Gasteiger partial charge in [0.1, 0.15) is 14.8 Å². The molecule has 0 bridgehead atoms. The van der Waals surface area contributed by atoms with E-state index in [1.807, 2.05) is 35.5 Å². The van der Waals surface area contributed by atoms with Crippen LogP contribution in [0.3, 0.4) is 0 Å². The molecule has 6 nitrogen and oxygen atoms in total. The Morgan fingerprint density at radius 2 is 2.04 bits per heavy atom. The molecule has 134 valence electrons. The molecule has 3 rings (SSSR count). The zero-order valence-corrected chi connectivity index (χ0v) is 20.4. The number of hydrogen-bond acceptors (Lipinski definition) is 6. The summed E-state index contributed by atoms with van der Waals surface area (Å²) in [5.41, 5.74) is 11.1. The maximum atomic E-state index is 11.3. The monoisotopic (exact) mass is 613 g/mol. The Labute approximate surface area is 181 Å². The largest absolute Gasteiger partial charge is 2.00 e. The van der Waals surface area contributed by atoms with Crippen LogP contribution in [0.2, 0.25) is 0 Å². The van der Waals surface area contributed by atoms with Crippen LogP contribution in [0.4, 0.5) is 5.69 Å². The van der Waals surface area contributed by atoms with Crippen molar-refractivity contribution in [1.29, 1.82) is 0 Å². The molecule has 1 aromatic carbocycles.